The highest BCUT2D eigenvalue weighted by atomic mass is 35.5. The second-order valence-corrected chi connectivity index (χ2v) is 5.15. The Hall–Kier alpha value is -1.46. The van der Waals surface area contributed by atoms with Crippen molar-refractivity contribution in [3.8, 4) is 0 Å². The number of rotatable bonds is 3. The third-order valence-electron chi connectivity index (χ3n) is 2.75. The van der Waals surface area contributed by atoms with Crippen molar-refractivity contribution in [3.63, 3.8) is 0 Å². The summed E-state index contributed by atoms with van der Waals surface area (Å²) in [5.41, 5.74) is 0. The van der Waals surface area contributed by atoms with Crippen LogP contribution in [-0.4, -0.2) is 19.5 Å². The van der Waals surface area contributed by atoms with Crippen molar-refractivity contribution in [2.45, 2.75) is 19.9 Å². The number of halogens is 1. The molecule has 0 aliphatic heterocycles. The molecule has 0 unspecified atom stereocenters. The number of aromatic nitrogens is 4. The first-order valence-electron chi connectivity index (χ1n) is 5.67. The maximum absolute atomic E-state index is 6.15. The fraction of sp³-hybridized carbons (Fsp3) is 0.250. The van der Waals surface area contributed by atoms with Gasteiger partial charge >= 0.3 is 0 Å². The van der Waals surface area contributed by atoms with Gasteiger partial charge in [-0.05, 0) is 11.4 Å². The number of hydrogen-bond donors (Lipinski definition) is 0. The molecule has 0 aliphatic rings. The molecule has 18 heavy (non-hydrogen) atoms. The van der Waals surface area contributed by atoms with Crippen LogP contribution in [0.2, 0.25) is 5.15 Å². The Labute approximate surface area is 113 Å². The van der Waals surface area contributed by atoms with Gasteiger partial charge in [0.1, 0.15) is 15.8 Å². The highest BCUT2D eigenvalue weighted by Gasteiger charge is 2.09. The van der Waals surface area contributed by atoms with Gasteiger partial charge in [0.2, 0.25) is 0 Å². The summed E-state index contributed by atoms with van der Waals surface area (Å²) < 4.78 is 2.05. The molecule has 3 aromatic heterocycles. The Bertz CT molecular complexity index is 688. The molecule has 3 rings (SSSR count). The molecular formula is C12H11ClN4S. The summed E-state index contributed by atoms with van der Waals surface area (Å²) >= 11 is 7.73. The van der Waals surface area contributed by atoms with Gasteiger partial charge in [0.05, 0.1) is 6.54 Å². The fourth-order valence-electron chi connectivity index (χ4n) is 1.88. The summed E-state index contributed by atoms with van der Waals surface area (Å²) in [7, 11) is 0. The molecule has 0 N–H and O–H groups in total. The van der Waals surface area contributed by atoms with E-state index in [0.29, 0.717) is 11.7 Å². The molecule has 0 bridgehead atoms. The maximum Gasteiger partial charge on any atom is 0.151 e. The molecule has 0 amide bonds. The van der Waals surface area contributed by atoms with Crippen LogP contribution in [0.25, 0.3) is 10.2 Å². The summed E-state index contributed by atoms with van der Waals surface area (Å²) in [6, 6.07) is 1.95. The first-order chi connectivity index (χ1) is 8.78. The highest BCUT2D eigenvalue weighted by molar-refractivity contribution is 7.16. The van der Waals surface area contributed by atoms with E-state index in [9.17, 15) is 0 Å². The van der Waals surface area contributed by atoms with E-state index >= 15 is 0 Å². The molecule has 92 valence electrons. The van der Waals surface area contributed by atoms with Crippen LogP contribution in [-0.2, 0) is 13.0 Å². The average Bonchev–Trinajstić information content (AvgIpc) is 2.97. The lowest BCUT2D eigenvalue weighted by Gasteiger charge is -2.05. The third kappa shape index (κ3) is 2.00. The van der Waals surface area contributed by atoms with Crippen molar-refractivity contribution in [2.75, 3.05) is 0 Å². The molecule has 0 radical (unpaired) electrons. The van der Waals surface area contributed by atoms with Crippen LogP contribution >= 0.6 is 22.9 Å². The first kappa shape index (κ1) is 11.6. The zero-order valence-corrected chi connectivity index (χ0v) is 11.4. The Morgan fingerprint density at radius 3 is 3.11 bits per heavy atom. The molecule has 3 heterocycles. The monoisotopic (exact) mass is 278 g/mol. The molecule has 6 heteroatoms. The zero-order chi connectivity index (χ0) is 12.5. The van der Waals surface area contributed by atoms with E-state index < -0.39 is 0 Å². The number of fused-ring (bicyclic) bond motifs is 1. The SMILES string of the molecule is CCc1nccn1Cc1nc(Cl)c2ccsc2n1. The topological polar surface area (TPSA) is 43.6 Å². The molecule has 0 spiro atoms. The number of hydrogen-bond acceptors (Lipinski definition) is 4. The van der Waals surface area contributed by atoms with E-state index in [1.54, 1.807) is 17.5 Å². The molecule has 3 aromatic rings. The van der Waals surface area contributed by atoms with Crippen molar-refractivity contribution >= 4 is 33.2 Å². The second-order valence-electron chi connectivity index (χ2n) is 3.89. The van der Waals surface area contributed by atoms with E-state index in [0.717, 1.165) is 28.3 Å². The van der Waals surface area contributed by atoms with E-state index in [4.69, 9.17) is 11.6 Å². The van der Waals surface area contributed by atoms with Gasteiger partial charge in [0, 0.05) is 24.2 Å². The smallest absolute Gasteiger partial charge is 0.151 e. The van der Waals surface area contributed by atoms with Crippen LogP contribution in [0.3, 0.4) is 0 Å². The maximum atomic E-state index is 6.15. The van der Waals surface area contributed by atoms with Crippen molar-refractivity contribution in [2.24, 2.45) is 0 Å². The number of thiophene rings is 1. The van der Waals surface area contributed by atoms with Gasteiger partial charge in [0.15, 0.2) is 5.82 Å². The third-order valence-corrected chi connectivity index (χ3v) is 3.85. The standard InChI is InChI=1S/C12H11ClN4S/c1-2-10-14-4-5-17(10)7-9-15-11(13)8-3-6-18-12(8)16-9/h3-6H,2,7H2,1H3. The summed E-state index contributed by atoms with van der Waals surface area (Å²) in [6.45, 7) is 2.69. The van der Waals surface area contributed by atoms with Gasteiger partial charge in [-0.25, -0.2) is 15.0 Å². The summed E-state index contributed by atoms with van der Waals surface area (Å²) in [5.74, 6) is 1.75. The van der Waals surface area contributed by atoms with Gasteiger partial charge in [0.25, 0.3) is 0 Å². The minimum absolute atomic E-state index is 0.523. The lowest BCUT2D eigenvalue weighted by Crippen LogP contribution is -2.07. The van der Waals surface area contributed by atoms with Gasteiger partial charge < -0.3 is 4.57 Å². The Balaban J connectivity index is 1.99. The van der Waals surface area contributed by atoms with Gasteiger partial charge in [-0.15, -0.1) is 11.3 Å². The summed E-state index contributed by atoms with van der Waals surface area (Å²) in [6.07, 6.45) is 4.63. The zero-order valence-electron chi connectivity index (χ0n) is 9.80. The van der Waals surface area contributed by atoms with E-state index in [2.05, 4.69) is 21.9 Å². The van der Waals surface area contributed by atoms with Crippen LogP contribution in [0.1, 0.15) is 18.6 Å². The second kappa shape index (κ2) is 4.66. The largest absolute Gasteiger partial charge is 0.327 e. The number of aryl methyl sites for hydroxylation is 1. The molecule has 0 fully saturated rings. The minimum Gasteiger partial charge on any atom is -0.327 e. The molecule has 0 aromatic carbocycles. The van der Waals surface area contributed by atoms with Gasteiger partial charge in [-0.3, -0.25) is 0 Å². The van der Waals surface area contributed by atoms with Crippen LogP contribution in [0.15, 0.2) is 23.8 Å². The first-order valence-corrected chi connectivity index (χ1v) is 6.93. The minimum atomic E-state index is 0.523. The number of nitrogens with zero attached hydrogens (tertiary/aromatic N) is 4. The van der Waals surface area contributed by atoms with Gasteiger partial charge in [-0.2, -0.15) is 0 Å². The molecule has 0 atom stereocenters. The van der Waals surface area contributed by atoms with Crippen LogP contribution in [0.5, 0.6) is 0 Å². The van der Waals surface area contributed by atoms with Crippen LogP contribution in [0, 0.1) is 0 Å². The van der Waals surface area contributed by atoms with Crippen molar-refractivity contribution < 1.29 is 0 Å². The lowest BCUT2D eigenvalue weighted by molar-refractivity contribution is 0.700. The predicted molar refractivity (Wildman–Crippen MR) is 73.1 cm³/mol. The fourth-order valence-corrected chi connectivity index (χ4v) is 2.97. The van der Waals surface area contributed by atoms with E-state index in [1.165, 1.54) is 0 Å². The Morgan fingerprint density at radius 1 is 1.39 bits per heavy atom. The molecular weight excluding hydrogens is 268 g/mol. The summed E-state index contributed by atoms with van der Waals surface area (Å²) in [4.78, 5) is 14.1. The van der Waals surface area contributed by atoms with E-state index in [1.807, 2.05) is 22.2 Å². The van der Waals surface area contributed by atoms with Crippen molar-refractivity contribution in [1.82, 2.24) is 19.5 Å². The average molecular weight is 279 g/mol. The lowest BCUT2D eigenvalue weighted by atomic mass is 10.4. The summed E-state index contributed by atoms with van der Waals surface area (Å²) in [5, 5.41) is 3.42. The van der Waals surface area contributed by atoms with Crippen LogP contribution in [0.4, 0.5) is 0 Å². The molecule has 4 nitrogen and oxygen atoms in total. The Morgan fingerprint density at radius 2 is 2.28 bits per heavy atom. The van der Waals surface area contributed by atoms with E-state index in [-0.39, 0.29) is 0 Å². The quantitative estimate of drug-likeness (QED) is 0.691. The molecule has 0 saturated carbocycles. The van der Waals surface area contributed by atoms with Crippen LogP contribution < -0.4 is 0 Å². The van der Waals surface area contributed by atoms with Gasteiger partial charge in [-0.1, -0.05) is 18.5 Å². The predicted octanol–water partition coefficient (Wildman–Crippen LogP) is 3.15. The van der Waals surface area contributed by atoms with Crippen molar-refractivity contribution in [3.05, 3.63) is 40.6 Å². The van der Waals surface area contributed by atoms with Crippen molar-refractivity contribution in [1.29, 1.82) is 0 Å². The number of imidazole rings is 1. The Kier molecular flexibility index (Phi) is 3.01. The highest BCUT2D eigenvalue weighted by Crippen LogP contribution is 2.24. The normalized spacial score (nSPS) is 11.2. The molecule has 0 aliphatic carbocycles. The molecule has 0 saturated heterocycles.